The van der Waals surface area contributed by atoms with Gasteiger partial charge in [0.25, 0.3) is 0 Å². The van der Waals surface area contributed by atoms with Gasteiger partial charge in [-0.3, -0.25) is 9.48 Å². The maximum atomic E-state index is 13.2. The Morgan fingerprint density at radius 1 is 1.21 bits per heavy atom. The molecule has 10 heteroatoms. The van der Waals surface area contributed by atoms with Gasteiger partial charge in [-0.15, -0.1) is 0 Å². The van der Waals surface area contributed by atoms with E-state index in [2.05, 4.69) is 10.4 Å². The molecule has 2 aromatic carbocycles. The molecule has 8 nitrogen and oxygen atoms in total. The van der Waals surface area contributed by atoms with Crippen LogP contribution < -0.4 is 15.2 Å². The van der Waals surface area contributed by atoms with Crippen LogP contribution in [0.4, 0.5) is 10.1 Å². The lowest BCUT2D eigenvalue weighted by Gasteiger charge is -2.09. The Morgan fingerprint density at radius 2 is 2.00 bits per heavy atom. The minimum Gasteiger partial charge on any atom is -0.489 e. The van der Waals surface area contributed by atoms with Gasteiger partial charge in [0.05, 0.1) is 6.20 Å². The molecule has 0 bridgehead atoms. The van der Waals surface area contributed by atoms with Crippen molar-refractivity contribution in [3.63, 3.8) is 0 Å². The first-order valence-electron chi connectivity index (χ1n) is 8.12. The second kappa shape index (κ2) is 8.19. The van der Waals surface area contributed by atoms with Crippen molar-refractivity contribution in [1.29, 1.82) is 0 Å². The van der Waals surface area contributed by atoms with E-state index in [9.17, 15) is 17.6 Å². The van der Waals surface area contributed by atoms with Crippen LogP contribution in [0, 0.1) is 5.82 Å². The number of primary sulfonamides is 1. The van der Waals surface area contributed by atoms with E-state index >= 15 is 0 Å². The molecule has 28 heavy (non-hydrogen) atoms. The van der Waals surface area contributed by atoms with E-state index in [1.165, 1.54) is 23.0 Å². The number of sulfonamides is 1. The van der Waals surface area contributed by atoms with Gasteiger partial charge >= 0.3 is 0 Å². The Bertz CT molecular complexity index is 1100. The molecular weight excluding hydrogens is 387 g/mol. The number of carbonyl (C=O) groups excluding carboxylic acids is 1. The van der Waals surface area contributed by atoms with Crippen LogP contribution >= 0.6 is 0 Å². The minimum atomic E-state index is -3.87. The van der Waals surface area contributed by atoms with Crippen LogP contribution in [0.25, 0.3) is 0 Å². The summed E-state index contributed by atoms with van der Waals surface area (Å²) in [5.74, 6) is -0.381. The number of nitrogens with two attached hydrogens (primary N) is 1. The van der Waals surface area contributed by atoms with E-state index in [1.54, 1.807) is 36.4 Å². The lowest BCUT2D eigenvalue weighted by atomic mass is 10.2. The highest BCUT2D eigenvalue weighted by atomic mass is 32.2. The quantitative estimate of drug-likeness (QED) is 0.624. The highest BCUT2D eigenvalue weighted by Crippen LogP contribution is 2.16. The van der Waals surface area contributed by atoms with Crippen molar-refractivity contribution in [2.75, 3.05) is 5.32 Å². The van der Waals surface area contributed by atoms with Gasteiger partial charge in [-0.2, -0.15) is 5.10 Å². The van der Waals surface area contributed by atoms with Crippen molar-refractivity contribution in [2.24, 2.45) is 5.14 Å². The summed E-state index contributed by atoms with van der Waals surface area (Å²) in [6.07, 6.45) is 2.26. The Labute approximate surface area is 160 Å². The zero-order chi connectivity index (χ0) is 20.1. The van der Waals surface area contributed by atoms with E-state index in [1.807, 2.05) is 0 Å². The molecule has 0 radical (unpaired) electrons. The molecule has 0 aliphatic heterocycles. The predicted molar refractivity (Wildman–Crippen MR) is 99.4 cm³/mol. The summed E-state index contributed by atoms with van der Waals surface area (Å²) in [6, 6.07) is 12.8. The summed E-state index contributed by atoms with van der Waals surface area (Å²) >= 11 is 0. The minimum absolute atomic E-state index is 0.170. The Hall–Kier alpha value is -3.24. The summed E-state index contributed by atoms with van der Waals surface area (Å²) in [5.41, 5.74) is 1.31. The molecule has 0 fully saturated rings. The van der Waals surface area contributed by atoms with Gasteiger partial charge in [-0.05, 0) is 29.8 Å². The normalized spacial score (nSPS) is 11.2. The van der Waals surface area contributed by atoms with Gasteiger partial charge in [-0.1, -0.05) is 18.2 Å². The molecular formula is C18H17FN4O4S. The number of carbonyl (C=O) groups is 1. The van der Waals surface area contributed by atoms with Gasteiger partial charge in [0.15, 0.2) is 0 Å². The average molecular weight is 404 g/mol. The van der Waals surface area contributed by atoms with Crippen molar-refractivity contribution < 1.29 is 22.3 Å². The summed E-state index contributed by atoms with van der Waals surface area (Å²) in [7, 11) is -3.87. The van der Waals surface area contributed by atoms with Crippen LogP contribution in [0.2, 0.25) is 0 Å². The monoisotopic (exact) mass is 404 g/mol. The van der Waals surface area contributed by atoms with Crippen LogP contribution in [0.3, 0.4) is 0 Å². The number of halogens is 1. The number of nitrogens with one attached hydrogen (secondary N) is 1. The highest BCUT2D eigenvalue weighted by Gasteiger charge is 2.12. The van der Waals surface area contributed by atoms with Crippen LogP contribution in [-0.4, -0.2) is 24.1 Å². The number of anilines is 1. The molecule has 0 saturated carbocycles. The van der Waals surface area contributed by atoms with Gasteiger partial charge in [-0.25, -0.2) is 17.9 Å². The second-order valence-electron chi connectivity index (χ2n) is 5.91. The molecule has 3 aromatic rings. The second-order valence-corrected chi connectivity index (χ2v) is 7.47. The summed E-state index contributed by atoms with van der Waals surface area (Å²) in [6.45, 7) is 0.0174. The fraction of sp³-hybridized carbons (Fsp3) is 0.111. The van der Waals surface area contributed by atoms with Gasteiger partial charge in [0, 0.05) is 18.0 Å². The standard InChI is InChI=1S/C18H17FN4O4S/c19-14-4-2-6-16(8-14)27-12-13-3-1-5-15(7-13)22-18(24)11-23-10-17(9-21-23)28(20,25)26/h1-10H,11-12H2,(H,22,24)(H2,20,25,26). The highest BCUT2D eigenvalue weighted by molar-refractivity contribution is 7.89. The third kappa shape index (κ3) is 5.38. The largest absolute Gasteiger partial charge is 0.489 e. The van der Waals surface area contributed by atoms with Crippen molar-refractivity contribution in [1.82, 2.24) is 9.78 Å². The molecule has 0 atom stereocenters. The molecule has 3 N–H and O–H groups in total. The van der Waals surface area contributed by atoms with E-state index < -0.39 is 15.9 Å². The third-order valence-corrected chi connectivity index (χ3v) is 4.52. The number of ether oxygens (including phenoxy) is 1. The first kappa shape index (κ1) is 19.5. The number of benzene rings is 2. The lowest BCUT2D eigenvalue weighted by molar-refractivity contribution is -0.116. The molecule has 0 unspecified atom stereocenters. The topological polar surface area (TPSA) is 116 Å². The number of nitrogens with zero attached hydrogens (tertiary/aromatic N) is 2. The van der Waals surface area contributed by atoms with Crippen LogP contribution in [-0.2, 0) is 28.0 Å². The smallest absolute Gasteiger partial charge is 0.246 e. The Morgan fingerprint density at radius 3 is 2.71 bits per heavy atom. The molecule has 1 heterocycles. The molecule has 0 aliphatic rings. The van der Waals surface area contributed by atoms with E-state index in [0.29, 0.717) is 11.4 Å². The average Bonchev–Trinajstić information content (AvgIpc) is 3.09. The molecule has 1 aromatic heterocycles. The van der Waals surface area contributed by atoms with Gasteiger partial charge < -0.3 is 10.1 Å². The molecule has 1 amide bonds. The van der Waals surface area contributed by atoms with E-state index in [4.69, 9.17) is 9.88 Å². The maximum Gasteiger partial charge on any atom is 0.246 e. The number of rotatable bonds is 7. The zero-order valence-electron chi connectivity index (χ0n) is 14.6. The van der Waals surface area contributed by atoms with Crippen molar-refractivity contribution in [3.8, 4) is 5.75 Å². The SMILES string of the molecule is NS(=O)(=O)c1cnn(CC(=O)Nc2cccc(COc3cccc(F)c3)c2)c1. The first-order chi connectivity index (χ1) is 13.3. The third-order valence-electron chi connectivity index (χ3n) is 3.66. The van der Waals surface area contributed by atoms with Crippen LogP contribution in [0.1, 0.15) is 5.56 Å². The first-order valence-corrected chi connectivity index (χ1v) is 9.67. The van der Waals surface area contributed by atoms with E-state index in [0.717, 1.165) is 11.8 Å². The zero-order valence-corrected chi connectivity index (χ0v) is 15.4. The Balaban J connectivity index is 1.59. The van der Waals surface area contributed by atoms with Crippen molar-refractivity contribution >= 4 is 21.6 Å². The van der Waals surface area contributed by atoms with Gasteiger partial charge in [0.2, 0.25) is 15.9 Å². The van der Waals surface area contributed by atoms with Crippen LogP contribution in [0.5, 0.6) is 5.75 Å². The van der Waals surface area contributed by atoms with Crippen molar-refractivity contribution in [2.45, 2.75) is 18.0 Å². The summed E-state index contributed by atoms with van der Waals surface area (Å²) < 4.78 is 42.3. The number of amides is 1. The fourth-order valence-corrected chi connectivity index (χ4v) is 2.85. The number of hydrogen-bond acceptors (Lipinski definition) is 5. The fourth-order valence-electron chi connectivity index (χ4n) is 2.39. The molecule has 146 valence electrons. The maximum absolute atomic E-state index is 13.2. The van der Waals surface area contributed by atoms with Gasteiger partial charge in [0.1, 0.15) is 29.6 Å². The molecule has 0 aliphatic carbocycles. The lowest BCUT2D eigenvalue weighted by Crippen LogP contribution is -2.19. The van der Waals surface area contributed by atoms with Crippen molar-refractivity contribution in [3.05, 3.63) is 72.3 Å². The number of aromatic nitrogens is 2. The number of hydrogen-bond donors (Lipinski definition) is 2. The molecule has 3 rings (SSSR count). The molecule has 0 spiro atoms. The predicted octanol–water partition coefficient (Wildman–Crippen LogP) is 1.89. The van der Waals surface area contributed by atoms with Crippen LogP contribution in [0.15, 0.2) is 65.8 Å². The summed E-state index contributed by atoms with van der Waals surface area (Å²) in [4.78, 5) is 12.0. The summed E-state index contributed by atoms with van der Waals surface area (Å²) in [5, 5.41) is 11.5. The molecule has 0 saturated heterocycles. The Kier molecular flexibility index (Phi) is 5.71. The van der Waals surface area contributed by atoms with E-state index in [-0.39, 0.29) is 23.9 Å².